The third-order valence-corrected chi connectivity index (χ3v) is 2.27. The van der Waals surface area contributed by atoms with Crippen LogP contribution in [-0.2, 0) is 6.54 Å². The van der Waals surface area contributed by atoms with Crippen molar-refractivity contribution in [1.29, 1.82) is 0 Å². The van der Waals surface area contributed by atoms with Gasteiger partial charge in [-0.2, -0.15) is 4.98 Å². The minimum Gasteiger partial charge on any atom is -0.338 e. The Labute approximate surface area is 93.9 Å². The van der Waals surface area contributed by atoms with E-state index in [1.165, 1.54) is 0 Å². The number of rotatable bonds is 4. The van der Waals surface area contributed by atoms with Crippen molar-refractivity contribution in [2.24, 2.45) is 0 Å². The minimum absolute atomic E-state index is 0.596. The monoisotopic (exact) mass is 218 g/mol. The number of aromatic nitrogens is 3. The van der Waals surface area contributed by atoms with Gasteiger partial charge in [0.15, 0.2) is 0 Å². The lowest BCUT2D eigenvalue weighted by molar-refractivity contribution is 0.369. The van der Waals surface area contributed by atoms with Crippen molar-refractivity contribution in [2.75, 3.05) is 6.54 Å². The maximum atomic E-state index is 5.12. The normalized spacial score (nSPS) is 10.6. The maximum Gasteiger partial charge on any atom is 0.240 e. The highest BCUT2D eigenvalue weighted by molar-refractivity contribution is 5.57. The van der Waals surface area contributed by atoms with Crippen LogP contribution in [0.15, 0.2) is 23.0 Å². The second-order valence-corrected chi connectivity index (χ2v) is 3.48. The summed E-state index contributed by atoms with van der Waals surface area (Å²) in [5.41, 5.74) is 2.00. The van der Waals surface area contributed by atoms with Crippen LogP contribution in [0.1, 0.15) is 18.4 Å². The van der Waals surface area contributed by atoms with Gasteiger partial charge in [-0.3, -0.25) is 4.98 Å². The Morgan fingerprint density at radius 1 is 1.44 bits per heavy atom. The zero-order chi connectivity index (χ0) is 11.4. The van der Waals surface area contributed by atoms with Crippen LogP contribution in [0.3, 0.4) is 0 Å². The molecule has 0 aromatic carbocycles. The van der Waals surface area contributed by atoms with E-state index >= 15 is 0 Å². The summed E-state index contributed by atoms with van der Waals surface area (Å²) < 4.78 is 5.12. The Kier molecular flexibility index (Phi) is 3.26. The number of hydrogen-bond donors (Lipinski definition) is 1. The predicted molar refractivity (Wildman–Crippen MR) is 59.6 cm³/mol. The molecule has 0 aliphatic carbocycles. The van der Waals surface area contributed by atoms with Crippen LogP contribution in [0.25, 0.3) is 11.4 Å². The van der Waals surface area contributed by atoms with Crippen LogP contribution >= 0.6 is 0 Å². The van der Waals surface area contributed by atoms with Crippen molar-refractivity contribution in [2.45, 2.75) is 20.4 Å². The average molecular weight is 218 g/mol. The smallest absolute Gasteiger partial charge is 0.240 e. The first kappa shape index (κ1) is 10.8. The second kappa shape index (κ2) is 4.85. The molecule has 0 spiro atoms. The van der Waals surface area contributed by atoms with Crippen LogP contribution in [0.2, 0.25) is 0 Å². The highest BCUT2D eigenvalue weighted by Gasteiger charge is 2.09. The summed E-state index contributed by atoms with van der Waals surface area (Å²) in [6.07, 6.45) is 3.50. The van der Waals surface area contributed by atoms with E-state index in [1.54, 1.807) is 12.4 Å². The molecular weight excluding hydrogens is 204 g/mol. The number of hydrogen-bond acceptors (Lipinski definition) is 5. The van der Waals surface area contributed by atoms with Gasteiger partial charge in [0.05, 0.1) is 6.54 Å². The van der Waals surface area contributed by atoms with E-state index in [1.807, 2.05) is 19.9 Å². The molecule has 0 unspecified atom stereocenters. The molecule has 0 atom stereocenters. The number of nitrogens with zero attached hydrogens (tertiary/aromatic N) is 3. The molecule has 5 heteroatoms. The Morgan fingerprint density at radius 2 is 2.31 bits per heavy atom. The molecule has 0 aliphatic rings. The number of nitrogens with one attached hydrogen (secondary N) is 1. The van der Waals surface area contributed by atoms with Gasteiger partial charge in [-0.15, -0.1) is 0 Å². The highest BCUT2D eigenvalue weighted by atomic mass is 16.5. The Hall–Kier alpha value is -1.75. The summed E-state index contributed by atoms with van der Waals surface area (Å²) >= 11 is 0. The van der Waals surface area contributed by atoms with Crippen LogP contribution in [-0.4, -0.2) is 21.7 Å². The molecule has 2 aromatic rings. The lowest BCUT2D eigenvalue weighted by atomic mass is 10.1. The molecule has 0 saturated carbocycles. The second-order valence-electron chi connectivity index (χ2n) is 3.48. The topological polar surface area (TPSA) is 63.8 Å². The van der Waals surface area contributed by atoms with Crippen LogP contribution < -0.4 is 5.32 Å². The van der Waals surface area contributed by atoms with E-state index < -0.39 is 0 Å². The molecule has 84 valence electrons. The lowest BCUT2D eigenvalue weighted by Gasteiger charge is -1.97. The SMILES string of the molecule is CCNCc1nc(-c2cnccc2C)no1. The fourth-order valence-electron chi connectivity index (χ4n) is 1.37. The lowest BCUT2D eigenvalue weighted by Crippen LogP contribution is -2.11. The molecule has 5 nitrogen and oxygen atoms in total. The number of aryl methyl sites for hydroxylation is 1. The van der Waals surface area contributed by atoms with Gasteiger partial charge in [-0.1, -0.05) is 12.1 Å². The highest BCUT2D eigenvalue weighted by Crippen LogP contribution is 2.18. The first-order valence-electron chi connectivity index (χ1n) is 5.25. The van der Waals surface area contributed by atoms with Crippen molar-refractivity contribution in [1.82, 2.24) is 20.4 Å². The van der Waals surface area contributed by atoms with Crippen molar-refractivity contribution in [3.8, 4) is 11.4 Å². The summed E-state index contributed by atoms with van der Waals surface area (Å²) in [7, 11) is 0. The summed E-state index contributed by atoms with van der Waals surface area (Å²) in [6.45, 7) is 5.51. The van der Waals surface area contributed by atoms with E-state index in [0.717, 1.165) is 17.7 Å². The third kappa shape index (κ3) is 2.25. The van der Waals surface area contributed by atoms with Gasteiger partial charge in [-0.05, 0) is 25.1 Å². The first-order valence-corrected chi connectivity index (χ1v) is 5.25. The van der Waals surface area contributed by atoms with Gasteiger partial charge < -0.3 is 9.84 Å². The molecular formula is C11H14N4O. The van der Waals surface area contributed by atoms with E-state index in [4.69, 9.17) is 4.52 Å². The number of pyridine rings is 1. The molecule has 0 aliphatic heterocycles. The first-order chi connectivity index (χ1) is 7.81. The van der Waals surface area contributed by atoms with Crippen LogP contribution in [0, 0.1) is 6.92 Å². The largest absolute Gasteiger partial charge is 0.338 e. The summed E-state index contributed by atoms with van der Waals surface area (Å²) in [6, 6.07) is 1.93. The van der Waals surface area contributed by atoms with Gasteiger partial charge in [0.2, 0.25) is 11.7 Å². The molecule has 0 radical (unpaired) electrons. The molecule has 2 heterocycles. The van der Waals surface area contributed by atoms with Gasteiger partial charge in [0.25, 0.3) is 0 Å². The standard InChI is InChI=1S/C11H14N4O/c1-3-12-7-10-14-11(15-16-10)9-6-13-5-4-8(9)2/h4-6,12H,3,7H2,1-2H3. The van der Waals surface area contributed by atoms with Gasteiger partial charge in [0.1, 0.15) is 0 Å². The van der Waals surface area contributed by atoms with Crippen molar-refractivity contribution in [3.63, 3.8) is 0 Å². The summed E-state index contributed by atoms with van der Waals surface area (Å²) in [4.78, 5) is 8.35. The van der Waals surface area contributed by atoms with Crippen molar-refractivity contribution in [3.05, 3.63) is 29.9 Å². The Morgan fingerprint density at radius 3 is 3.06 bits per heavy atom. The zero-order valence-corrected chi connectivity index (χ0v) is 9.40. The minimum atomic E-state index is 0.596. The molecule has 0 amide bonds. The third-order valence-electron chi connectivity index (χ3n) is 2.27. The predicted octanol–water partition coefficient (Wildman–Crippen LogP) is 1.55. The fourth-order valence-corrected chi connectivity index (χ4v) is 1.37. The van der Waals surface area contributed by atoms with Crippen molar-refractivity contribution >= 4 is 0 Å². The molecule has 2 aromatic heterocycles. The molecule has 16 heavy (non-hydrogen) atoms. The van der Waals surface area contributed by atoms with Gasteiger partial charge in [-0.25, -0.2) is 0 Å². The fraction of sp³-hybridized carbons (Fsp3) is 0.364. The van der Waals surface area contributed by atoms with Crippen LogP contribution in [0.5, 0.6) is 0 Å². The maximum absolute atomic E-state index is 5.12. The Balaban J connectivity index is 2.22. The summed E-state index contributed by atoms with van der Waals surface area (Å²) in [5, 5.41) is 7.07. The van der Waals surface area contributed by atoms with E-state index in [9.17, 15) is 0 Å². The Bertz CT molecular complexity index is 467. The van der Waals surface area contributed by atoms with Gasteiger partial charge in [0, 0.05) is 18.0 Å². The quantitative estimate of drug-likeness (QED) is 0.843. The van der Waals surface area contributed by atoms with Crippen LogP contribution in [0.4, 0.5) is 0 Å². The molecule has 0 fully saturated rings. The molecule has 2 rings (SSSR count). The van der Waals surface area contributed by atoms with E-state index in [0.29, 0.717) is 18.3 Å². The molecule has 0 saturated heterocycles. The van der Waals surface area contributed by atoms with Gasteiger partial charge >= 0.3 is 0 Å². The summed E-state index contributed by atoms with van der Waals surface area (Å²) in [5.74, 6) is 1.19. The molecule has 0 bridgehead atoms. The van der Waals surface area contributed by atoms with Crippen molar-refractivity contribution < 1.29 is 4.52 Å². The zero-order valence-electron chi connectivity index (χ0n) is 9.40. The van der Waals surface area contributed by atoms with E-state index in [2.05, 4.69) is 20.4 Å². The average Bonchev–Trinajstić information content (AvgIpc) is 2.75. The molecule has 1 N–H and O–H groups in total. The van der Waals surface area contributed by atoms with E-state index in [-0.39, 0.29) is 0 Å².